The van der Waals surface area contributed by atoms with Gasteiger partial charge in [0.15, 0.2) is 0 Å². The van der Waals surface area contributed by atoms with Gasteiger partial charge in [-0.3, -0.25) is 14.9 Å². The number of aromatic nitrogens is 2. The molecule has 0 unspecified atom stereocenters. The molecule has 4 rings (SSSR count). The fourth-order valence-electron chi connectivity index (χ4n) is 2.88. The average Bonchev–Trinajstić information content (AvgIpc) is 3.12. The number of hydrogen-bond acceptors (Lipinski definition) is 6. The Morgan fingerprint density at radius 3 is 2.77 bits per heavy atom. The minimum absolute atomic E-state index is 0.0614. The van der Waals surface area contributed by atoms with Crippen LogP contribution in [0.1, 0.15) is 10.6 Å². The predicted molar refractivity (Wildman–Crippen MR) is 107 cm³/mol. The van der Waals surface area contributed by atoms with Crippen molar-refractivity contribution in [1.29, 1.82) is 0 Å². The van der Waals surface area contributed by atoms with Gasteiger partial charge in [0.05, 0.1) is 21.7 Å². The molecular formula is C20H13F2N3O4S. The summed E-state index contributed by atoms with van der Waals surface area (Å²) in [6.07, 6.45) is 1.45. The van der Waals surface area contributed by atoms with Gasteiger partial charge in [-0.1, -0.05) is 6.07 Å². The highest BCUT2D eigenvalue weighted by Gasteiger charge is 2.16. The molecule has 0 fully saturated rings. The summed E-state index contributed by atoms with van der Waals surface area (Å²) in [6, 6.07) is 11.0. The first-order chi connectivity index (χ1) is 14.4. The number of benzene rings is 2. The fraction of sp³-hybridized carbons (Fsp3) is 0.100. The van der Waals surface area contributed by atoms with Crippen LogP contribution in [-0.2, 0) is 13.2 Å². The number of thiazole rings is 1. The molecule has 0 saturated heterocycles. The maximum atomic E-state index is 13.8. The lowest BCUT2D eigenvalue weighted by atomic mass is 10.2. The van der Waals surface area contributed by atoms with E-state index in [4.69, 9.17) is 4.74 Å². The van der Waals surface area contributed by atoms with Crippen molar-refractivity contribution in [3.05, 3.63) is 97.4 Å². The molecule has 30 heavy (non-hydrogen) atoms. The molecule has 4 aromatic rings. The van der Waals surface area contributed by atoms with E-state index in [1.807, 2.05) is 0 Å². The number of nitrogens with zero attached hydrogens (tertiary/aromatic N) is 3. The second-order valence-corrected chi connectivity index (χ2v) is 7.40. The molecule has 2 aromatic carbocycles. The summed E-state index contributed by atoms with van der Waals surface area (Å²) in [6.45, 7) is -0.0330. The number of ether oxygens (including phenoxy) is 1. The van der Waals surface area contributed by atoms with Crippen molar-refractivity contribution in [1.82, 2.24) is 9.55 Å². The minimum Gasteiger partial charge on any atom is -0.487 e. The smallest absolute Gasteiger partial charge is 0.334 e. The van der Waals surface area contributed by atoms with E-state index in [1.165, 1.54) is 34.2 Å². The number of hydrogen-bond donors (Lipinski definition) is 0. The molecule has 10 heteroatoms. The number of rotatable bonds is 6. The zero-order valence-electron chi connectivity index (χ0n) is 15.2. The molecule has 0 amide bonds. The van der Waals surface area contributed by atoms with Gasteiger partial charge < -0.3 is 9.30 Å². The van der Waals surface area contributed by atoms with E-state index >= 15 is 0 Å². The third-order valence-electron chi connectivity index (χ3n) is 4.32. The van der Waals surface area contributed by atoms with Gasteiger partial charge in [0.2, 0.25) is 0 Å². The van der Waals surface area contributed by atoms with Crippen LogP contribution in [-0.4, -0.2) is 14.5 Å². The zero-order valence-corrected chi connectivity index (χ0v) is 16.1. The van der Waals surface area contributed by atoms with Crippen molar-refractivity contribution in [2.75, 3.05) is 0 Å². The number of fused-ring (bicyclic) bond motifs is 1. The van der Waals surface area contributed by atoms with Crippen LogP contribution in [0.5, 0.6) is 5.75 Å². The second kappa shape index (κ2) is 7.99. The van der Waals surface area contributed by atoms with Crippen molar-refractivity contribution in [2.24, 2.45) is 0 Å². The Kier molecular flexibility index (Phi) is 5.23. The molecule has 0 aliphatic heterocycles. The van der Waals surface area contributed by atoms with Gasteiger partial charge in [-0.25, -0.2) is 13.8 Å². The Balaban J connectivity index is 1.60. The van der Waals surface area contributed by atoms with Crippen molar-refractivity contribution in [3.8, 4) is 5.75 Å². The van der Waals surface area contributed by atoms with E-state index in [2.05, 4.69) is 4.98 Å². The highest BCUT2D eigenvalue weighted by atomic mass is 32.1. The van der Waals surface area contributed by atoms with Crippen LogP contribution in [0.2, 0.25) is 0 Å². The average molecular weight is 429 g/mol. The Bertz CT molecular complexity index is 1320. The van der Waals surface area contributed by atoms with Gasteiger partial charge in [-0.2, -0.15) is 0 Å². The SMILES string of the molecule is O=c1c([N+](=O)[O-])cccn1Cc1nc2cccc(OCc3ccc(F)cc3F)c2s1. The molecular weight excluding hydrogens is 416 g/mol. The molecule has 0 radical (unpaired) electrons. The van der Waals surface area contributed by atoms with Gasteiger partial charge in [-0.05, 0) is 30.3 Å². The van der Waals surface area contributed by atoms with Crippen molar-refractivity contribution in [2.45, 2.75) is 13.2 Å². The third-order valence-corrected chi connectivity index (χ3v) is 5.39. The molecule has 0 bridgehead atoms. The highest BCUT2D eigenvalue weighted by molar-refractivity contribution is 7.19. The van der Waals surface area contributed by atoms with Crippen molar-refractivity contribution in [3.63, 3.8) is 0 Å². The quantitative estimate of drug-likeness (QED) is 0.337. The first kappa shape index (κ1) is 19.6. The van der Waals surface area contributed by atoms with Crippen LogP contribution in [0.25, 0.3) is 10.2 Å². The van der Waals surface area contributed by atoms with Crippen LogP contribution in [0, 0.1) is 21.7 Å². The molecule has 0 spiro atoms. The number of pyridine rings is 1. The largest absolute Gasteiger partial charge is 0.487 e. The zero-order chi connectivity index (χ0) is 21.3. The molecule has 2 heterocycles. The summed E-state index contributed by atoms with van der Waals surface area (Å²) in [5, 5.41) is 11.5. The summed E-state index contributed by atoms with van der Waals surface area (Å²) in [5.74, 6) is -0.898. The Morgan fingerprint density at radius 1 is 1.17 bits per heavy atom. The van der Waals surface area contributed by atoms with Gasteiger partial charge in [-0.15, -0.1) is 11.3 Å². The Labute approximate surface area is 172 Å². The topological polar surface area (TPSA) is 87.3 Å². The van der Waals surface area contributed by atoms with E-state index in [1.54, 1.807) is 18.2 Å². The van der Waals surface area contributed by atoms with Gasteiger partial charge in [0, 0.05) is 23.9 Å². The lowest BCUT2D eigenvalue weighted by Crippen LogP contribution is -2.22. The van der Waals surface area contributed by atoms with Gasteiger partial charge in [0.25, 0.3) is 0 Å². The summed E-state index contributed by atoms with van der Waals surface area (Å²) in [5.41, 5.74) is -0.402. The summed E-state index contributed by atoms with van der Waals surface area (Å²) in [4.78, 5) is 26.9. The first-order valence-corrected chi connectivity index (χ1v) is 9.53. The Morgan fingerprint density at radius 2 is 2.00 bits per heavy atom. The van der Waals surface area contributed by atoms with E-state index < -0.39 is 27.8 Å². The monoisotopic (exact) mass is 429 g/mol. The third kappa shape index (κ3) is 3.90. The molecule has 0 N–H and O–H groups in total. The molecule has 152 valence electrons. The molecule has 0 atom stereocenters. The summed E-state index contributed by atoms with van der Waals surface area (Å²) >= 11 is 1.26. The first-order valence-electron chi connectivity index (χ1n) is 8.71. The number of nitro groups is 1. The fourth-order valence-corrected chi connectivity index (χ4v) is 3.91. The maximum Gasteiger partial charge on any atom is 0.334 e. The normalized spacial score (nSPS) is 11.0. The van der Waals surface area contributed by atoms with E-state index in [-0.39, 0.29) is 18.7 Å². The molecule has 2 aromatic heterocycles. The van der Waals surface area contributed by atoms with E-state index in [0.717, 1.165) is 18.2 Å². The number of halogens is 2. The van der Waals surface area contributed by atoms with Crippen molar-refractivity contribution < 1.29 is 18.4 Å². The lowest BCUT2D eigenvalue weighted by Gasteiger charge is -2.07. The lowest BCUT2D eigenvalue weighted by molar-refractivity contribution is -0.386. The van der Waals surface area contributed by atoms with Gasteiger partial charge in [0.1, 0.15) is 29.0 Å². The van der Waals surface area contributed by atoms with Gasteiger partial charge >= 0.3 is 11.2 Å². The standard InChI is InChI=1S/C20H13F2N3O4S/c21-13-7-6-12(14(22)9-13)11-29-17-5-1-3-15-19(17)30-18(23-15)10-24-8-2-4-16(20(24)26)25(27)28/h1-9H,10-11H2. The van der Waals surface area contributed by atoms with Crippen LogP contribution >= 0.6 is 11.3 Å². The van der Waals surface area contributed by atoms with Crippen LogP contribution in [0.4, 0.5) is 14.5 Å². The predicted octanol–water partition coefficient (Wildman–Crippen LogP) is 4.27. The maximum absolute atomic E-state index is 13.8. The summed E-state index contributed by atoms with van der Waals surface area (Å²) < 4.78 is 34.5. The van der Waals surface area contributed by atoms with E-state index in [9.17, 15) is 23.7 Å². The second-order valence-electron chi connectivity index (χ2n) is 6.32. The molecule has 7 nitrogen and oxygen atoms in total. The minimum atomic E-state index is -0.724. The van der Waals surface area contributed by atoms with Crippen LogP contribution in [0.3, 0.4) is 0 Å². The van der Waals surface area contributed by atoms with Crippen LogP contribution < -0.4 is 10.3 Å². The molecule has 0 aliphatic carbocycles. The van der Waals surface area contributed by atoms with Crippen LogP contribution in [0.15, 0.2) is 59.5 Å². The van der Waals surface area contributed by atoms with E-state index in [0.29, 0.717) is 21.0 Å². The highest BCUT2D eigenvalue weighted by Crippen LogP contribution is 2.32. The van der Waals surface area contributed by atoms with Crippen molar-refractivity contribution >= 4 is 27.2 Å². The summed E-state index contributed by atoms with van der Waals surface area (Å²) in [7, 11) is 0. The molecule has 0 saturated carbocycles. The Hall–Kier alpha value is -3.66. The molecule has 0 aliphatic rings.